The molecule has 2 N–H and O–H groups in total. The molecular formula is C22H21N3O2. The second-order valence-electron chi connectivity index (χ2n) is 6.50. The van der Waals surface area contributed by atoms with Crippen molar-refractivity contribution in [1.29, 1.82) is 0 Å². The molecule has 27 heavy (non-hydrogen) atoms. The van der Waals surface area contributed by atoms with Crippen LogP contribution in [0.4, 0.5) is 11.4 Å². The summed E-state index contributed by atoms with van der Waals surface area (Å²) in [4.78, 5) is 29.2. The zero-order chi connectivity index (χ0) is 19.4. The molecule has 0 saturated carbocycles. The first-order valence-electron chi connectivity index (χ1n) is 8.66. The highest BCUT2D eigenvalue weighted by atomic mass is 16.2. The highest BCUT2D eigenvalue weighted by Crippen LogP contribution is 2.17. The molecule has 0 spiro atoms. The first-order valence-corrected chi connectivity index (χ1v) is 8.66. The highest BCUT2D eigenvalue weighted by Gasteiger charge is 2.14. The van der Waals surface area contributed by atoms with Crippen LogP contribution in [0.3, 0.4) is 0 Å². The minimum Gasteiger partial charge on any atom is -0.321 e. The first-order chi connectivity index (χ1) is 12.9. The molecule has 5 heteroatoms. The Bertz CT molecular complexity index is 1010. The number of nitrogens with one attached hydrogen (secondary N) is 2. The lowest BCUT2D eigenvalue weighted by molar-refractivity contribution is 0.101. The number of carbonyl (C=O) groups is 2. The lowest BCUT2D eigenvalue weighted by Gasteiger charge is -2.10. The molecule has 0 fully saturated rings. The molecule has 0 unspecified atom stereocenters. The van der Waals surface area contributed by atoms with E-state index < -0.39 is 0 Å². The minimum absolute atomic E-state index is 0.185. The third-order valence-electron chi connectivity index (χ3n) is 4.13. The third kappa shape index (κ3) is 4.58. The van der Waals surface area contributed by atoms with Crippen LogP contribution in [0.25, 0.3) is 0 Å². The number of benzene rings is 2. The molecule has 3 aromatic rings. The van der Waals surface area contributed by atoms with Crippen molar-refractivity contribution in [1.82, 2.24) is 4.98 Å². The summed E-state index contributed by atoms with van der Waals surface area (Å²) in [5.41, 5.74) is 4.85. The number of anilines is 2. The van der Waals surface area contributed by atoms with E-state index in [1.54, 1.807) is 18.2 Å². The number of hydrogen-bond acceptors (Lipinski definition) is 3. The molecule has 0 bridgehead atoms. The van der Waals surface area contributed by atoms with E-state index in [2.05, 4.69) is 15.6 Å². The Kier molecular flexibility index (Phi) is 5.31. The molecule has 0 aliphatic heterocycles. The van der Waals surface area contributed by atoms with Gasteiger partial charge in [0.1, 0.15) is 11.4 Å². The van der Waals surface area contributed by atoms with E-state index in [-0.39, 0.29) is 23.2 Å². The molecule has 1 heterocycles. The summed E-state index contributed by atoms with van der Waals surface area (Å²) < 4.78 is 0. The molecule has 3 rings (SSSR count). The third-order valence-corrected chi connectivity index (χ3v) is 4.13. The van der Waals surface area contributed by atoms with E-state index in [4.69, 9.17) is 0 Å². The number of rotatable bonds is 4. The number of amides is 2. The zero-order valence-corrected chi connectivity index (χ0v) is 15.5. The van der Waals surface area contributed by atoms with Crippen molar-refractivity contribution < 1.29 is 9.59 Å². The summed E-state index contributed by atoms with van der Waals surface area (Å²) in [7, 11) is 0. The molecule has 5 nitrogen and oxygen atoms in total. The van der Waals surface area contributed by atoms with Crippen LogP contribution in [-0.4, -0.2) is 16.8 Å². The van der Waals surface area contributed by atoms with Crippen LogP contribution in [0.5, 0.6) is 0 Å². The van der Waals surface area contributed by atoms with Crippen molar-refractivity contribution in [3.63, 3.8) is 0 Å². The lowest BCUT2D eigenvalue weighted by atomic mass is 10.1. The fourth-order valence-corrected chi connectivity index (χ4v) is 2.66. The molecule has 0 atom stereocenters. The Balaban J connectivity index is 1.77. The fourth-order valence-electron chi connectivity index (χ4n) is 2.66. The second-order valence-corrected chi connectivity index (χ2v) is 6.50. The normalized spacial score (nSPS) is 10.3. The maximum atomic E-state index is 12.6. The Morgan fingerprint density at radius 1 is 0.741 bits per heavy atom. The molecule has 0 saturated heterocycles. The molecule has 0 aliphatic rings. The van der Waals surface area contributed by atoms with Gasteiger partial charge in [-0.15, -0.1) is 0 Å². The van der Waals surface area contributed by atoms with Gasteiger partial charge in [-0.3, -0.25) is 9.59 Å². The highest BCUT2D eigenvalue weighted by molar-refractivity contribution is 6.06. The van der Waals surface area contributed by atoms with E-state index in [1.165, 1.54) is 0 Å². The SMILES string of the molecule is Cc1cccc(NC(=O)c2cccc(C(=O)Nc3cc(C)ccc3C)n2)c1. The van der Waals surface area contributed by atoms with Gasteiger partial charge in [-0.25, -0.2) is 4.98 Å². The van der Waals surface area contributed by atoms with E-state index >= 15 is 0 Å². The van der Waals surface area contributed by atoms with E-state index in [0.29, 0.717) is 5.69 Å². The monoisotopic (exact) mass is 359 g/mol. The van der Waals surface area contributed by atoms with Crippen LogP contribution in [0.1, 0.15) is 37.7 Å². The van der Waals surface area contributed by atoms with Crippen molar-refractivity contribution in [2.24, 2.45) is 0 Å². The van der Waals surface area contributed by atoms with Gasteiger partial charge in [0.05, 0.1) is 0 Å². The van der Waals surface area contributed by atoms with E-state index in [0.717, 1.165) is 22.4 Å². The molecule has 0 radical (unpaired) electrons. The van der Waals surface area contributed by atoms with Gasteiger partial charge in [-0.05, 0) is 67.8 Å². The van der Waals surface area contributed by atoms with Gasteiger partial charge in [0.2, 0.25) is 0 Å². The number of carbonyl (C=O) groups excluding carboxylic acids is 2. The van der Waals surface area contributed by atoms with Crippen molar-refractivity contribution in [3.8, 4) is 0 Å². The van der Waals surface area contributed by atoms with Crippen LogP contribution in [0.15, 0.2) is 60.7 Å². The summed E-state index contributed by atoms with van der Waals surface area (Å²) in [6, 6.07) is 18.2. The fraction of sp³-hybridized carbons (Fsp3) is 0.136. The van der Waals surface area contributed by atoms with Gasteiger partial charge >= 0.3 is 0 Å². The predicted molar refractivity (Wildman–Crippen MR) is 107 cm³/mol. The van der Waals surface area contributed by atoms with Crippen LogP contribution >= 0.6 is 0 Å². The van der Waals surface area contributed by atoms with Crippen LogP contribution < -0.4 is 10.6 Å². The quantitative estimate of drug-likeness (QED) is 0.720. The first kappa shape index (κ1) is 18.3. The summed E-state index contributed by atoms with van der Waals surface area (Å²) in [5.74, 6) is -0.712. The number of nitrogens with zero attached hydrogens (tertiary/aromatic N) is 1. The van der Waals surface area contributed by atoms with Crippen molar-refractivity contribution in [3.05, 3.63) is 88.7 Å². The summed E-state index contributed by atoms with van der Waals surface area (Å²) in [6.45, 7) is 5.84. The Morgan fingerprint density at radius 3 is 2.07 bits per heavy atom. The number of pyridine rings is 1. The smallest absolute Gasteiger partial charge is 0.274 e. The van der Waals surface area contributed by atoms with Crippen molar-refractivity contribution in [2.75, 3.05) is 10.6 Å². The molecular weight excluding hydrogens is 338 g/mol. The Hall–Kier alpha value is -3.47. The molecule has 136 valence electrons. The summed E-state index contributed by atoms with van der Waals surface area (Å²) in [6.07, 6.45) is 0. The van der Waals surface area contributed by atoms with Gasteiger partial charge in [-0.2, -0.15) is 0 Å². The Labute approximate surface area is 158 Å². The molecule has 2 amide bonds. The van der Waals surface area contributed by atoms with Gasteiger partial charge < -0.3 is 10.6 Å². The summed E-state index contributed by atoms with van der Waals surface area (Å²) >= 11 is 0. The molecule has 1 aromatic heterocycles. The number of hydrogen-bond donors (Lipinski definition) is 2. The van der Waals surface area contributed by atoms with Gasteiger partial charge in [0.15, 0.2) is 0 Å². The second kappa shape index (κ2) is 7.83. The lowest BCUT2D eigenvalue weighted by Crippen LogP contribution is -2.19. The topological polar surface area (TPSA) is 71.1 Å². The zero-order valence-electron chi connectivity index (χ0n) is 15.5. The maximum absolute atomic E-state index is 12.6. The van der Waals surface area contributed by atoms with Gasteiger partial charge in [-0.1, -0.05) is 30.3 Å². The predicted octanol–water partition coefficient (Wildman–Crippen LogP) is 4.51. The van der Waals surface area contributed by atoms with Crippen molar-refractivity contribution in [2.45, 2.75) is 20.8 Å². The molecule has 2 aromatic carbocycles. The van der Waals surface area contributed by atoms with Crippen LogP contribution in [0, 0.1) is 20.8 Å². The average Bonchev–Trinajstić information content (AvgIpc) is 2.65. The number of aryl methyl sites for hydroxylation is 3. The standard InChI is InChI=1S/C22H21N3O2/c1-14-6-4-7-17(12-14)23-21(26)18-8-5-9-19(24-18)22(27)25-20-13-15(2)10-11-16(20)3/h4-13H,1-3H3,(H,23,26)(H,25,27). The van der Waals surface area contributed by atoms with Gasteiger partial charge in [0.25, 0.3) is 11.8 Å². The van der Waals surface area contributed by atoms with Crippen LogP contribution in [-0.2, 0) is 0 Å². The maximum Gasteiger partial charge on any atom is 0.274 e. The summed E-state index contributed by atoms with van der Waals surface area (Å²) in [5, 5.41) is 5.66. The largest absolute Gasteiger partial charge is 0.321 e. The van der Waals surface area contributed by atoms with E-state index in [1.807, 2.05) is 63.2 Å². The Morgan fingerprint density at radius 2 is 1.37 bits per heavy atom. The van der Waals surface area contributed by atoms with Crippen molar-refractivity contribution >= 4 is 23.2 Å². The van der Waals surface area contributed by atoms with E-state index in [9.17, 15) is 9.59 Å². The van der Waals surface area contributed by atoms with Gasteiger partial charge in [0, 0.05) is 11.4 Å². The minimum atomic E-state index is -0.359. The average molecular weight is 359 g/mol. The molecule has 0 aliphatic carbocycles. The van der Waals surface area contributed by atoms with Crippen LogP contribution in [0.2, 0.25) is 0 Å². The number of aromatic nitrogens is 1.